The van der Waals surface area contributed by atoms with Gasteiger partial charge in [0.25, 0.3) is 0 Å². The van der Waals surface area contributed by atoms with Crippen molar-refractivity contribution in [1.29, 1.82) is 0 Å². The molecule has 0 bridgehead atoms. The van der Waals surface area contributed by atoms with Crippen LogP contribution in [0.1, 0.15) is 91.4 Å². The zero-order valence-corrected chi connectivity index (χ0v) is 19.1. The molecule has 0 spiro atoms. The molecule has 0 aromatic heterocycles. The van der Waals surface area contributed by atoms with Crippen molar-refractivity contribution in [3.05, 3.63) is 12.2 Å². The van der Waals surface area contributed by atoms with Gasteiger partial charge in [-0.05, 0) is 0 Å². The molecule has 0 aliphatic heterocycles. The molecule has 0 aromatic carbocycles. The Labute approximate surface area is 150 Å². The van der Waals surface area contributed by atoms with E-state index in [-0.39, 0.29) is 0 Å². The van der Waals surface area contributed by atoms with Crippen molar-refractivity contribution in [2.75, 3.05) is 0 Å². The van der Waals surface area contributed by atoms with Gasteiger partial charge < -0.3 is 0 Å². The van der Waals surface area contributed by atoms with E-state index >= 15 is 0 Å². The SMILES string of the molecule is CCC[CH2][Sn]([CH2]/C=C/C1(O)CCCCC1)([CH2]CCC)[CH2]CCC. The van der Waals surface area contributed by atoms with E-state index in [1.54, 1.807) is 13.3 Å². The zero-order valence-electron chi connectivity index (χ0n) is 16.2. The first kappa shape index (κ1) is 21.5. The van der Waals surface area contributed by atoms with Crippen molar-refractivity contribution in [3.63, 3.8) is 0 Å². The fourth-order valence-electron chi connectivity index (χ4n) is 4.20. The molecule has 0 heterocycles. The number of aliphatic hydroxyl groups is 1. The van der Waals surface area contributed by atoms with Gasteiger partial charge in [0, 0.05) is 0 Å². The van der Waals surface area contributed by atoms with Gasteiger partial charge in [-0.15, -0.1) is 0 Å². The summed E-state index contributed by atoms with van der Waals surface area (Å²) in [5, 5.41) is 10.7. The van der Waals surface area contributed by atoms with Crippen LogP contribution >= 0.6 is 0 Å². The molecule has 1 saturated carbocycles. The minimum absolute atomic E-state index is 0.462. The molecule has 0 aromatic rings. The molecule has 1 rings (SSSR count). The first-order valence-electron chi connectivity index (χ1n) is 10.5. The maximum absolute atomic E-state index is 10.7. The first-order valence-corrected chi connectivity index (χ1v) is 18.6. The van der Waals surface area contributed by atoms with Gasteiger partial charge in [0.05, 0.1) is 0 Å². The van der Waals surface area contributed by atoms with Crippen LogP contribution in [-0.2, 0) is 0 Å². The molecule has 0 atom stereocenters. The number of hydrogen-bond donors (Lipinski definition) is 1. The number of allylic oxidation sites excluding steroid dienone is 1. The van der Waals surface area contributed by atoms with Crippen LogP contribution in [0.15, 0.2) is 12.2 Å². The van der Waals surface area contributed by atoms with Crippen LogP contribution in [0, 0.1) is 0 Å². The van der Waals surface area contributed by atoms with Crippen LogP contribution in [0.25, 0.3) is 0 Å². The normalized spacial score (nSPS) is 18.6. The summed E-state index contributed by atoms with van der Waals surface area (Å²) in [7, 11) is 0. The van der Waals surface area contributed by atoms with Crippen LogP contribution in [0.3, 0.4) is 0 Å². The number of rotatable bonds is 12. The third-order valence-electron chi connectivity index (χ3n) is 5.88. The van der Waals surface area contributed by atoms with Gasteiger partial charge in [0.1, 0.15) is 0 Å². The van der Waals surface area contributed by atoms with Crippen LogP contribution in [0.5, 0.6) is 0 Å². The fourth-order valence-corrected chi connectivity index (χ4v) is 19.3. The molecule has 1 N–H and O–H groups in total. The molecular weight excluding hydrogens is 387 g/mol. The summed E-state index contributed by atoms with van der Waals surface area (Å²) in [6.45, 7) is 7.03. The van der Waals surface area contributed by atoms with E-state index in [4.69, 9.17) is 0 Å². The van der Waals surface area contributed by atoms with E-state index < -0.39 is 24.0 Å². The average Bonchev–Trinajstić information content (AvgIpc) is 2.56. The molecule has 1 nitrogen and oxygen atoms in total. The Morgan fingerprint density at radius 2 is 1.30 bits per heavy atom. The van der Waals surface area contributed by atoms with E-state index in [9.17, 15) is 5.11 Å². The van der Waals surface area contributed by atoms with Crippen molar-refractivity contribution in [3.8, 4) is 0 Å². The summed E-state index contributed by atoms with van der Waals surface area (Å²) in [4.78, 5) is 0. The third kappa shape index (κ3) is 8.42. The van der Waals surface area contributed by atoms with Crippen LogP contribution in [0.2, 0.25) is 17.7 Å². The summed E-state index contributed by atoms with van der Waals surface area (Å²) in [6.07, 6.45) is 18.8. The first-order chi connectivity index (χ1) is 11.1. The molecule has 2 heteroatoms. The second kappa shape index (κ2) is 12.0. The van der Waals surface area contributed by atoms with E-state index in [0.29, 0.717) is 0 Å². The van der Waals surface area contributed by atoms with Gasteiger partial charge in [-0.3, -0.25) is 0 Å². The summed E-state index contributed by atoms with van der Waals surface area (Å²) >= 11 is -2.03. The Bertz CT molecular complexity index is 296. The van der Waals surface area contributed by atoms with Gasteiger partial charge in [0.15, 0.2) is 0 Å². The maximum atomic E-state index is 10.7. The molecule has 0 saturated heterocycles. The van der Waals surface area contributed by atoms with Crippen molar-refractivity contribution < 1.29 is 5.11 Å². The van der Waals surface area contributed by atoms with E-state index in [1.165, 1.54) is 62.2 Å². The summed E-state index contributed by atoms with van der Waals surface area (Å²) in [6, 6.07) is 0. The van der Waals surface area contributed by atoms with Gasteiger partial charge in [-0.1, -0.05) is 0 Å². The molecule has 0 radical (unpaired) electrons. The molecule has 1 aliphatic carbocycles. The summed E-state index contributed by atoms with van der Waals surface area (Å²) in [5.74, 6) is 0. The Balaban J connectivity index is 2.70. The van der Waals surface area contributed by atoms with Crippen molar-refractivity contribution in [1.82, 2.24) is 0 Å². The zero-order chi connectivity index (χ0) is 17.0. The van der Waals surface area contributed by atoms with E-state index in [0.717, 1.165) is 12.8 Å². The number of hydrogen-bond acceptors (Lipinski definition) is 1. The Kier molecular flexibility index (Phi) is 11.2. The Morgan fingerprint density at radius 1 is 0.826 bits per heavy atom. The standard InChI is InChI=1S/C9H15O.3C4H9.Sn/c1-2-6-9(10)7-4-3-5-8-9;3*1-3-4-2;/h2,6,10H,1,3-5,7-8H2;3*1,3-4H2,2H3;/b6-2+;;;;. The molecule has 136 valence electrons. The molecule has 1 aliphatic rings. The minimum atomic E-state index is -2.03. The third-order valence-corrected chi connectivity index (χ3v) is 21.1. The topological polar surface area (TPSA) is 20.2 Å². The molecule has 0 amide bonds. The second-order valence-corrected chi connectivity index (χ2v) is 22.1. The predicted molar refractivity (Wildman–Crippen MR) is 107 cm³/mol. The van der Waals surface area contributed by atoms with Crippen LogP contribution < -0.4 is 0 Å². The van der Waals surface area contributed by atoms with Crippen molar-refractivity contribution in [2.24, 2.45) is 0 Å². The fraction of sp³-hybridized carbons (Fsp3) is 0.905. The molecule has 23 heavy (non-hydrogen) atoms. The number of unbranched alkanes of at least 4 members (excludes halogenated alkanes) is 3. The van der Waals surface area contributed by atoms with E-state index in [2.05, 4.69) is 32.9 Å². The Hall–Kier alpha value is 0.499. The van der Waals surface area contributed by atoms with Gasteiger partial charge in [-0.25, -0.2) is 0 Å². The molecular formula is C21H42OSn. The molecule has 0 unspecified atom stereocenters. The summed E-state index contributed by atoms with van der Waals surface area (Å²) < 4.78 is 6.12. The van der Waals surface area contributed by atoms with Gasteiger partial charge in [0.2, 0.25) is 0 Å². The predicted octanol–water partition coefficient (Wildman–Crippen LogP) is 7.09. The van der Waals surface area contributed by atoms with Crippen molar-refractivity contribution in [2.45, 2.75) is 115 Å². The van der Waals surface area contributed by atoms with Gasteiger partial charge >= 0.3 is 150 Å². The molecule has 1 fully saturated rings. The quantitative estimate of drug-likeness (QED) is 0.260. The van der Waals surface area contributed by atoms with Crippen molar-refractivity contribution >= 4 is 18.4 Å². The second-order valence-electron chi connectivity index (χ2n) is 8.08. The average molecular weight is 429 g/mol. The van der Waals surface area contributed by atoms with Crippen LogP contribution in [0.4, 0.5) is 0 Å². The van der Waals surface area contributed by atoms with E-state index in [1.807, 2.05) is 0 Å². The van der Waals surface area contributed by atoms with Gasteiger partial charge in [-0.2, -0.15) is 0 Å². The van der Waals surface area contributed by atoms with Crippen LogP contribution in [-0.4, -0.2) is 29.1 Å². The monoisotopic (exact) mass is 430 g/mol. The summed E-state index contributed by atoms with van der Waals surface area (Å²) in [5.41, 5.74) is -0.462. The Morgan fingerprint density at radius 3 is 1.74 bits per heavy atom.